The van der Waals surface area contributed by atoms with Gasteiger partial charge < -0.3 is 9.84 Å². The fourth-order valence-corrected chi connectivity index (χ4v) is 1.80. The number of hydrogen-bond donors (Lipinski definition) is 1. The van der Waals surface area contributed by atoms with Crippen LogP contribution in [0.25, 0.3) is 0 Å². The molecule has 2 nitrogen and oxygen atoms in total. The Morgan fingerprint density at radius 3 is 1.83 bits per heavy atom. The van der Waals surface area contributed by atoms with Crippen molar-refractivity contribution < 1.29 is 9.84 Å². The molecule has 12 heavy (non-hydrogen) atoms. The van der Waals surface area contributed by atoms with Gasteiger partial charge in [0.2, 0.25) is 0 Å². The quantitative estimate of drug-likeness (QED) is 0.642. The van der Waals surface area contributed by atoms with E-state index in [0.29, 0.717) is 0 Å². The summed E-state index contributed by atoms with van der Waals surface area (Å²) in [4.78, 5) is 0. The van der Waals surface area contributed by atoms with Gasteiger partial charge >= 0.3 is 0 Å². The lowest BCUT2D eigenvalue weighted by Gasteiger charge is -2.31. The molecule has 0 radical (unpaired) electrons. The van der Waals surface area contributed by atoms with Crippen LogP contribution in [0.5, 0.6) is 0 Å². The SMILES string of the molecule is CCCC(CCC)(CCO)OC. The summed E-state index contributed by atoms with van der Waals surface area (Å²) in [6.07, 6.45) is 5.11. The molecule has 0 spiro atoms. The van der Waals surface area contributed by atoms with Crippen LogP contribution in [-0.2, 0) is 4.74 Å². The lowest BCUT2D eigenvalue weighted by Crippen LogP contribution is -2.32. The van der Waals surface area contributed by atoms with E-state index in [2.05, 4.69) is 13.8 Å². The Balaban J connectivity index is 4.06. The van der Waals surface area contributed by atoms with Crippen molar-refractivity contribution in [2.24, 2.45) is 0 Å². The van der Waals surface area contributed by atoms with Crippen LogP contribution in [0, 0.1) is 0 Å². The average Bonchev–Trinajstić information content (AvgIpc) is 2.06. The number of ether oxygens (including phenoxy) is 1. The summed E-state index contributed by atoms with van der Waals surface area (Å²) in [6.45, 7) is 4.54. The summed E-state index contributed by atoms with van der Waals surface area (Å²) < 4.78 is 5.50. The van der Waals surface area contributed by atoms with Gasteiger partial charge in [0.15, 0.2) is 0 Å². The van der Waals surface area contributed by atoms with E-state index in [4.69, 9.17) is 9.84 Å². The van der Waals surface area contributed by atoms with Crippen LogP contribution in [0.3, 0.4) is 0 Å². The molecule has 0 saturated heterocycles. The summed E-state index contributed by atoms with van der Waals surface area (Å²) in [5, 5.41) is 8.91. The standard InChI is InChI=1S/C10H22O2/c1-4-6-10(12-3,7-5-2)8-9-11/h11H,4-9H2,1-3H3. The molecule has 0 aliphatic rings. The normalized spacial score (nSPS) is 12.0. The minimum absolute atomic E-state index is 0.0573. The smallest absolute Gasteiger partial charge is 0.0700 e. The van der Waals surface area contributed by atoms with Gasteiger partial charge in [-0.3, -0.25) is 0 Å². The molecule has 0 unspecified atom stereocenters. The molecular formula is C10H22O2. The zero-order valence-electron chi connectivity index (χ0n) is 8.60. The van der Waals surface area contributed by atoms with Gasteiger partial charge in [0.1, 0.15) is 0 Å². The van der Waals surface area contributed by atoms with E-state index in [1.807, 2.05) is 0 Å². The van der Waals surface area contributed by atoms with Crippen molar-refractivity contribution >= 4 is 0 Å². The minimum Gasteiger partial charge on any atom is -0.396 e. The third-order valence-corrected chi connectivity index (χ3v) is 2.41. The molecule has 1 N–H and O–H groups in total. The molecule has 0 fully saturated rings. The molecule has 0 aromatic heterocycles. The Bertz CT molecular complexity index is 85.0. The monoisotopic (exact) mass is 174 g/mol. The first-order chi connectivity index (χ1) is 5.74. The number of aliphatic hydroxyl groups is 1. The predicted octanol–water partition coefficient (Wildman–Crippen LogP) is 2.35. The summed E-state index contributed by atoms with van der Waals surface area (Å²) in [7, 11) is 1.75. The molecule has 74 valence electrons. The van der Waals surface area contributed by atoms with Crippen LogP contribution in [0.15, 0.2) is 0 Å². The van der Waals surface area contributed by atoms with Crippen LogP contribution < -0.4 is 0 Å². The van der Waals surface area contributed by atoms with E-state index in [1.165, 1.54) is 0 Å². The van der Waals surface area contributed by atoms with Crippen LogP contribution in [-0.4, -0.2) is 24.4 Å². The van der Waals surface area contributed by atoms with Gasteiger partial charge in [-0.25, -0.2) is 0 Å². The molecule has 0 amide bonds. The van der Waals surface area contributed by atoms with Gasteiger partial charge in [-0.15, -0.1) is 0 Å². The van der Waals surface area contributed by atoms with E-state index in [-0.39, 0.29) is 12.2 Å². The predicted molar refractivity (Wildman–Crippen MR) is 51.3 cm³/mol. The minimum atomic E-state index is -0.0573. The van der Waals surface area contributed by atoms with Gasteiger partial charge in [0.05, 0.1) is 5.60 Å². The maximum Gasteiger partial charge on any atom is 0.0700 e. The van der Waals surface area contributed by atoms with Crippen LogP contribution >= 0.6 is 0 Å². The molecular weight excluding hydrogens is 152 g/mol. The first kappa shape index (κ1) is 11.9. The summed E-state index contributed by atoms with van der Waals surface area (Å²) in [5.74, 6) is 0. The van der Waals surface area contributed by atoms with Gasteiger partial charge in [-0.2, -0.15) is 0 Å². The Morgan fingerprint density at radius 2 is 1.58 bits per heavy atom. The summed E-state index contributed by atoms with van der Waals surface area (Å²) in [6, 6.07) is 0. The number of methoxy groups -OCH3 is 1. The summed E-state index contributed by atoms with van der Waals surface area (Å²) >= 11 is 0. The second-order valence-corrected chi connectivity index (χ2v) is 3.36. The van der Waals surface area contributed by atoms with Crippen molar-refractivity contribution in [3.8, 4) is 0 Å². The zero-order valence-corrected chi connectivity index (χ0v) is 8.60. The number of rotatable bonds is 7. The molecule has 0 rings (SSSR count). The zero-order chi connectivity index (χ0) is 9.45. The van der Waals surface area contributed by atoms with Crippen molar-refractivity contribution in [2.75, 3.05) is 13.7 Å². The highest BCUT2D eigenvalue weighted by Gasteiger charge is 2.26. The van der Waals surface area contributed by atoms with Gasteiger partial charge in [-0.05, 0) is 19.3 Å². The highest BCUT2D eigenvalue weighted by Crippen LogP contribution is 2.26. The van der Waals surface area contributed by atoms with Gasteiger partial charge in [0, 0.05) is 13.7 Å². The van der Waals surface area contributed by atoms with E-state index >= 15 is 0 Å². The van der Waals surface area contributed by atoms with Crippen molar-refractivity contribution in [3.05, 3.63) is 0 Å². The fraction of sp³-hybridized carbons (Fsp3) is 1.00. The molecule has 0 aromatic carbocycles. The molecule has 0 aliphatic heterocycles. The number of hydrogen-bond acceptors (Lipinski definition) is 2. The Hall–Kier alpha value is -0.0800. The molecule has 0 saturated carbocycles. The van der Waals surface area contributed by atoms with Gasteiger partial charge in [0.25, 0.3) is 0 Å². The highest BCUT2D eigenvalue weighted by atomic mass is 16.5. The van der Waals surface area contributed by atoms with Crippen molar-refractivity contribution in [2.45, 2.75) is 51.6 Å². The lowest BCUT2D eigenvalue weighted by molar-refractivity contribution is -0.0420. The lowest BCUT2D eigenvalue weighted by atomic mass is 9.89. The van der Waals surface area contributed by atoms with Crippen molar-refractivity contribution in [1.82, 2.24) is 0 Å². The maximum atomic E-state index is 8.91. The van der Waals surface area contributed by atoms with Gasteiger partial charge in [-0.1, -0.05) is 26.7 Å². The summed E-state index contributed by atoms with van der Waals surface area (Å²) in [5.41, 5.74) is -0.0573. The molecule has 0 bridgehead atoms. The maximum absolute atomic E-state index is 8.91. The second kappa shape index (κ2) is 6.44. The highest BCUT2D eigenvalue weighted by molar-refractivity contribution is 4.79. The third-order valence-electron chi connectivity index (χ3n) is 2.41. The molecule has 0 heterocycles. The molecule has 2 heteroatoms. The van der Waals surface area contributed by atoms with E-state index < -0.39 is 0 Å². The number of aliphatic hydroxyl groups excluding tert-OH is 1. The second-order valence-electron chi connectivity index (χ2n) is 3.36. The van der Waals surface area contributed by atoms with Crippen LogP contribution in [0.1, 0.15) is 46.0 Å². The first-order valence-electron chi connectivity index (χ1n) is 4.90. The fourth-order valence-electron chi connectivity index (χ4n) is 1.80. The Morgan fingerprint density at radius 1 is 1.08 bits per heavy atom. The van der Waals surface area contributed by atoms with Crippen molar-refractivity contribution in [3.63, 3.8) is 0 Å². The van der Waals surface area contributed by atoms with Crippen LogP contribution in [0.2, 0.25) is 0 Å². The topological polar surface area (TPSA) is 29.5 Å². The van der Waals surface area contributed by atoms with E-state index in [1.54, 1.807) is 7.11 Å². The van der Waals surface area contributed by atoms with Crippen LogP contribution in [0.4, 0.5) is 0 Å². The average molecular weight is 174 g/mol. The third kappa shape index (κ3) is 3.55. The van der Waals surface area contributed by atoms with Crippen molar-refractivity contribution in [1.29, 1.82) is 0 Å². The Labute approximate surface area is 75.9 Å². The first-order valence-corrected chi connectivity index (χ1v) is 4.90. The Kier molecular flexibility index (Phi) is 6.39. The van der Waals surface area contributed by atoms with E-state index in [9.17, 15) is 0 Å². The largest absolute Gasteiger partial charge is 0.396 e. The molecule has 0 atom stereocenters. The molecule has 0 aromatic rings. The van der Waals surface area contributed by atoms with E-state index in [0.717, 1.165) is 32.1 Å². The molecule has 0 aliphatic carbocycles.